The molecular weight excluding hydrogens is 300 g/mol. The Balaban J connectivity index is 1.71. The number of hydrogen-bond donors (Lipinski definition) is 1. The predicted octanol–water partition coefficient (Wildman–Crippen LogP) is 4.12. The lowest BCUT2D eigenvalue weighted by molar-refractivity contribution is 0.0926. The molecule has 3 aromatic carbocycles. The Morgan fingerprint density at radius 1 is 0.667 bits per heavy atom. The van der Waals surface area contributed by atoms with E-state index in [9.17, 15) is 9.59 Å². The second-order valence-corrected chi connectivity index (χ2v) is 5.89. The lowest BCUT2D eigenvalue weighted by atomic mass is 10.1. The zero-order valence-corrected chi connectivity index (χ0v) is 12.6. The van der Waals surface area contributed by atoms with E-state index in [4.69, 9.17) is 0 Å². The number of rotatable bonds is 1. The normalized spacial score (nSPS) is 13.9. The van der Waals surface area contributed by atoms with Crippen molar-refractivity contribution in [1.29, 1.82) is 0 Å². The van der Waals surface area contributed by atoms with Crippen LogP contribution in [0.3, 0.4) is 0 Å². The van der Waals surface area contributed by atoms with Crippen molar-refractivity contribution in [2.24, 2.45) is 0 Å². The second-order valence-electron chi connectivity index (χ2n) is 5.89. The van der Waals surface area contributed by atoms with Gasteiger partial charge in [-0.1, -0.05) is 30.3 Å². The highest BCUT2D eigenvalue weighted by Gasteiger charge is 2.36. The first-order chi connectivity index (χ1) is 11.7. The molecule has 114 valence electrons. The fourth-order valence-corrected chi connectivity index (χ4v) is 3.40. The molecule has 0 saturated carbocycles. The maximum atomic E-state index is 12.6. The number of benzene rings is 3. The number of anilines is 1. The molecular formula is C20H12N2O2. The molecule has 5 rings (SSSR count). The van der Waals surface area contributed by atoms with Crippen LogP contribution in [-0.2, 0) is 0 Å². The largest absolute Gasteiger partial charge is 0.355 e. The van der Waals surface area contributed by atoms with Crippen molar-refractivity contribution in [1.82, 2.24) is 4.98 Å². The van der Waals surface area contributed by atoms with E-state index >= 15 is 0 Å². The molecule has 1 aromatic heterocycles. The highest BCUT2D eigenvalue weighted by Crippen LogP contribution is 2.33. The molecule has 4 nitrogen and oxygen atoms in total. The summed E-state index contributed by atoms with van der Waals surface area (Å²) < 4.78 is 0. The third kappa shape index (κ3) is 1.62. The zero-order valence-electron chi connectivity index (χ0n) is 12.6. The average molecular weight is 312 g/mol. The Morgan fingerprint density at radius 3 is 2.04 bits per heavy atom. The number of aromatic amines is 1. The van der Waals surface area contributed by atoms with Crippen LogP contribution < -0.4 is 4.90 Å². The fraction of sp³-hybridized carbons (Fsp3) is 0. The van der Waals surface area contributed by atoms with Gasteiger partial charge < -0.3 is 4.98 Å². The molecule has 0 saturated heterocycles. The molecule has 0 radical (unpaired) electrons. The van der Waals surface area contributed by atoms with Crippen molar-refractivity contribution >= 4 is 39.3 Å². The van der Waals surface area contributed by atoms with E-state index in [-0.39, 0.29) is 11.8 Å². The van der Waals surface area contributed by atoms with E-state index in [1.807, 2.05) is 36.4 Å². The first kappa shape index (κ1) is 13.1. The van der Waals surface area contributed by atoms with Crippen molar-refractivity contribution in [3.8, 4) is 0 Å². The maximum absolute atomic E-state index is 12.6. The van der Waals surface area contributed by atoms with Gasteiger partial charge in [0.2, 0.25) is 0 Å². The smallest absolute Gasteiger partial charge is 0.266 e. The number of para-hydroxylation sites is 1. The van der Waals surface area contributed by atoms with Crippen LogP contribution >= 0.6 is 0 Å². The highest BCUT2D eigenvalue weighted by atomic mass is 16.2. The van der Waals surface area contributed by atoms with E-state index in [1.165, 1.54) is 4.90 Å². The summed E-state index contributed by atoms with van der Waals surface area (Å²) in [5, 5.41) is 2.07. The summed E-state index contributed by atoms with van der Waals surface area (Å²) in [7, 11) is 0. The number of carbonyl (C=O) groups is 2. The molecule has 0 bridgehead atoms. The van der Waals surface area contributed by atoms with Crippen molar-refractivity contribution < 1.29 is 9.59 Å². The minimum atomic E-state index is -0.269. The molecule has 0 atom stereocenters. The summed E-state index contributed by atoms with van der Waals surface area (Å²) in [5.74, 6) is -0.537. The summed E-state index contributed by atoms with van der Waals surface area (Å²) in [6, 6.07) is 20.5. The molecule has 0 spiro atoms. The maximum Gasteiger partial charge on any atom is 0.266 e. The van der Waals surface area contributed by atoms with Crippen LogP contribution in [0.2, 0.25) is 0 Å². The number of hydrogen-bond acceptors (Lipinski definition) is 2. The summed E-state index contributed by atoms with van der Waals surface area (Å²) in [5.41, 5.74) is 3.53. The number of amides is 2. The van der Waals surface area contributed by atoms with Gasteiger partial charge in [0.1, 0.15) is 0 Å². The van der Waals surface area contributed by atoms with Crippen LogP contribution in [-0.4, -0.2) is 16.8 Å². The number of imide groups is 1. The number of nitrogens with zero attached hydrogens (tertiary/aromatic N) is 1. The molecule has 24 heavy (non-hydrogen) atoms. The minimum absolute atomic E-state index is 0.269. The van der Waals surface area contributed by atoms with Crippen molar-refractivity contribution in [2.45, 2.75) is 0 Å². The third-order valence-corrected chi connectivity index (χ3v) is 4.54. The minimum Gasteiger partial charge on any atom is -0.355 e. The van der Waals surface area contributed by atoms with Crippen molar-refractivity contribution in [3.05, 3.63) is 77.9 Å². The Morgan fingerprint density at radius 2 is 1.29 bits per heavy atom. The van der Waals surface area contributed by atoms with E-state index in [0.29, 0.717) is 16.8 Å². The van der Waals surface area contributed by atoms with Gasteiger partial charge in [-0.3, -0.25) is 9.59 Å². The van der Waals surface area contributed by atoms with E-state index in [2.05, 4.69) is 4.98 Å². The standard InChI is InChI=1S/C20H12N2O2/c23-19-14-6-1-2-7-15(14)20(24)22(19)12-9-10-18-16(11-12)13-5-3-4-8-17(13)21-18/h1-11,21H. The fourth-order valence-electron chi connectivity index (χ4n) is 3.40. The van der Waals surface area contributed by atoms with Crippen molar-refractivity contribution in [3.63, 3.8) is 0 Å². The Hall–Kier alpha value is -3.40. The lowest BCUT2D eigenvalue weighted by Crippen LogP contribution is -2.29. The Kier molecular flexibility index (Phi) is 2.48. The lowest BCUT2D eigenvalue weighted by Gasteiger charge is -2.14. The van der Waals surface area contributed by atoms with Crippen LogP contribution in [0.5, 0.6) is 0 Å². The van der Waals surface area contributed by atoms with E-state index in [1.54, 1.807) is 30.3 Å². The zero-order chi connectivity index (χ0) is 16.3. The SMILES string of the molecule is O=C1c2ccccc2C(=O)N1c1ccc2[nH]c3ccccc3c2c1. The van der Waals surface area contributed by atoms with E-state index in [0.717, 1.165) is 21.8 Å². The third-order valence-electron chi connectivity index (χ3n) is 4.54. The number of carbonyl (C=O) groups excluding carboxylic acids is 2. The quantitative estimate of drug-likeness (QED) is 0.537. The number of H-pyrrole nitrogens is 1. The van der Waals surface area contributed by atoms with Gasteiger partial charge in [0.25, 0.3) is 11.8 Å². The topological polar surface area (TPSA) is 53.2 Å². The summed E-state index contributed by atoms with van der Waals surface area (Å²) in [4.78, 5) is 29.9. The Bertz CT molecular complexity index is 1120. The van der Waals surface area contributed by atoms with Crippen LogP contribution in [0.1, 0.15) is 20.7 Å². The van der Waals surface area contributed by atoms with Gasteiger partial charge in [-0.15, -0.1) is 0 Å². The first-order valence-electron chi connectivity index (χ1n) is 7.72. The predicted molar refractivity (Wildman–Crippen MR) is 93.4 cm³/mol. The van der Waals surface area contributed by atoms with Crippen LogP contribution in [0.15, 0.2) is 66.7 Å². The molecule has 1 aliphatic heterocycles. The van der Waals surface area contributed by atoms with Gasteiger partial charge in [-0.2, -0.15) is 0 Å². The molecule has 4 aromatic rings. The Labute approximate surface area is 137 Å². The number of nitrogens with one attached hydrogen (secondary N) is 1. The summed E-state index contributed by atoms with van der Waals surface area (Å²) >= 11 is 0. The molecule has 2 heterocycles. The van der Waals surface area contributed by atoms with Gasteiger partial charge >= 0.3 is 0 Å². The van der Waals surface area contributed by atoms with Gasteiger partial charge in [-0.25, -0.2) is 4.90 Å². The van der Waals surface area contributed by atoms with Crippen LogP contribution in [0.25, 0.3) is 21.8 Å². The number of aromatic nitrogens is 1. The molecule has 1 N–H and O–H groups in total. The molecule has 0 aliphatic carbocycles. The van der Waals surface area contributed by atoms with Crippen LogP contribution in [0.4, 0.5) is 5.69 Å². The van der Waals surface area contributed by atoms with Gasteiger partial charge in [-0.05, 0) is 36.4 Å². The molecule has 4 heteroatoms. The summed E-state index contributed by atoms with van der Waals surface area (Å²) in [6.07, 6.45) is 0. The summed E-state index contributed by atoms with van der Waals surface area (Å²) in [6.45, 7) is 0. The van der Waals surface area contributed by atoms with Crippen molar-refractivity contribution in [2.75, 3.05) is 4.90 Å². The van der Waals surface area contributed by atoms with Gasteiger partial charge in [0.05, 0.1) is 16.8 Å². The van der Waals surface area contributed by atoms with Gasteiger partial charge in [0.15, 0.2) is 0 Å². The second kappa shape index (κ2) is 4.55. The first-order valence-corrected chi connectivity index (χ1v) is 7.72. The average Bonchev–Trinajstić information content (AvgIpc) is 3.11. The van der Waals surface area contributed by atoms with Gasteiger partial charge in [0, 0.05) is 21.8 Å². The molecule has 0 unspecified atom stereocenters. The van der Waals surface area contributed by atoms with Crippen LogP contribution in [0, 0.1) is 0 Å². The van der Waals surface area contributed by atoms with E-state index < -0.39 is 0 Å². The monoisotopic (exact) mass is 312 g/mol. The number of fused-ring (bicyclic) bond motifs is 4. The molecule has 0 fully saturated rings. The highest BCUT2D eigenvalue weighted by molar-refractivity contribution is 6.34. The molecule has 2 amide bonds. The molecule has 1 aliphatic rings.